The Balaban J connectivity index is 1.85. The number of ether oxygens (including phenoxy) is 2. The van der Waals surface area contributed by atoms with Crippen molar-refractivity contribution in [3.8, 4) is 11.5 Å². The zero-order valence-corrected chi connectivity index (χ0v) is 13.6. The Hall–Kier alpha value is -1.30. The minimum atomic E-state index is -0.530. The summed E-state index contributed by atoms with van der Waals surface area (Å²) in [5.41, 5.74) is 6.71. The quantitative estimate of drug-likeness (QED) is 0.806. The fourth-order valence-corrected chi connectivity index (χ4v) is 2.94. The van der Waals surface area contributed by atoms with Crippen molar-refractivity contribution in [2.45, 2.75) is 37.8 Å². The number of methoxy groups -OCH3 is 2. The molecular formula is C17H28N2O3. The van der Waals surface area contributed by atoms with Crippen LogP contribution in [0.5, 0.6) is 11.5 Å². The van der Waals surface area contributed by atoms with Gasteiger partial charge < -0.3 is 25.2 Å². The second-order valence-electron chi connectivity index (χ2n) is 5.94. The zero-order chi connectivity index (χ0) is 15.9. The van der Waals surface area contributed by atoms with Crippen LogP contribution in [-0.2, 0) is 0 Å². The number of piperidine rings is 1. The van der Waals surface area contributed by atoms with Crippen LogP contribution in [0.15, 0.2) is 18.2 Å². The van der Waals surface area contributed by atoms with E-state index in [2.05, 4.69) is 4.90 Å². The Bertz CT molecular complexity index is 459. The third-order valence-electron chi connectivity index (χ3n) is 4.38. The lowest BCUT2D eigenvalue weighted by atomic mass is 10.0. The molecule has 1 unspecified atom stereocenters. The second kappa shape index (κ2) is 8.36. The number of nitrogens with zero attached hydrogens (tertiary/aromatic N) is 1. The molecule has 1 atom stereocenters. The summed E-state index contributed by atoms with van der Waals surface area (Å²) in [5.74, 6) is 1.44. The summed E-state index contributed by atoms with van der Waals surface area (Å²) >= 11 is 0. The number of aliphatic hydroxyl groups is 1. The number of nitrogens with two attached hydrogens (primary N) is 1. The molecule has 5 nitrogen and oxygen atoms in total. The maximum Gasteiger partial charge on any atom is 0.124 e. The summed E-state index contributed by atoms with van der Waals surface area (Å²) in [7, 11) is 3.24. The topological polar surface area (TPSA) is 68.0 Å². The highest BCUT2D eigenvalue weighted by Gasteiger charge is 2.18. The fraction of sp³-hybridized carbons (Fsp3) is 0.647. The Morgan fingerprint density at radius 1 is 1.27 bits per heavy atom. The van der Waals surface area contributed by atoms with Gasteiger partial charge in [0, 0.05) is 11.6 Å². The number of rotatable bonds is 7. The van der Waals surface area contributed by atoms with Crippen molar-refractivity contribution >= 4 is 0 Å². The van der Waals surface area contributed by atoms with Gasteiger partial charge in [-0.1, -0.05) is 0 Å². The Morgan fingerprint density at radius 2 is 2.00 bits per heavy atom. The first-order chi connectivity index (χ1) is 10.6. The van der Waals surface area contributed by atoms with E-state index in [0.717, 1.165) is 50.2 Å². The number of benzene rings is 1. The van der Waals surface area contributed by atoms with Crippen molar-refractivity contribution in [2.24, 2.45) is 5.73 Å². The maximum absolute atomic E-state index is 10.4. The van der Waals surface area contributed by atoms with Crippen LogP contribution in [0.25, 0.3) is 0 Å². The van der Waals surface area contributed by atoms with E-state index in [1.165, 1.54) is 0 Å². The number of aliphatic hydroxyl groups excluding tert-OH is 1. The normalized spacial score (nSPS) is 18.2. The van der Waals surface area contributed by atoms with Gasteiger partial charge in [-0.15, -0.1) is 0 Å². The van der Waals surface area contributed by atoms with Gasteiger partial charge in [0.15, 0.2) is 0 Å². The van der Waals surface area contributed by atoms with Crippen molar-refractivity contribution in [2.75, 3.05) is 33.9 Å². The summed E-state index contributed by atoms with van der Waals surface area (Å²) in [6.07, 6.45) is 3.29. The van der Waals surface area contributed by atoms with Gasteiger partial charge in [-0.25, -0.2) is 0 Å². The molecule has 1 heterocycles. The summed E-state index contributed by atoms with van der Waals surface area (Å²) in [4.78, 5) is 2.43. The predicted octanol–water partition coefficient (Wildman–Crippen LogP) is 1.94. The standard InChI is InChI=1S/C17H28N2O3/c1-21-14-5-6-17(22-2)15(12-14)16(20)4-3-9-19-10-7-13(18)8-11-19/h5-6,12-13,16,20H,3-4,7-11,18H2,1-2H3. The minimum absolute atomic E-state index is 0.364. The molecule has 124 valence electrons. The van der Waals surface area contributed by atoms with Crippen molar-refractivity contribution in [1.82, 2.24) is 4.90 Å². The Kier molecular flexibility index (Phi) is 6.49. The molecule has 5 heteroatoms. The number of likely N-dealkylation sites (tertiary alicyclic amines) is 1. The van der Waals surface area contributed by atoms with E-state index in [4.69, 9.17) is 15.2 Å². The summed E-state index contributed by atoms with van der Waals surface area (Å²) in [6, 6.07) is 5.89. The molecule has 0 spiro atoms. The Morgan fingerprint density at radius 3 is 2.64 bits per heavy atom. The highest BCUT2D eigenvalue weighted by atomic mass is 16.5. The molecule has 0 aliphatic carbocycles. The fourth-order valence-electron chi connectivity index (χ4n) is 2.94. The van der Waals surface area contributed by atoms with E-state index in [9.17, 15) is 5.11 Å². The molecule has 0 bridgehead atoms. The molecule has 1 aromatic carbocycles. The van der Waals surface area contributed by atoms with Gasteiger partial charge >= 0.3 is 0 Å². The van der Waals surface area contributed by atoms with Gasteiger partial charge in [0.05, 0.1) is 20.3 Å². The maximum atomic E-state index is 10.4. The first kappa shape index (κ1) is 17.1. The molecule has 0 radical (unpaired) electrons. The van der Waals surface area contributed by atoms with Crippen LogP contribution in [0.2, 0.25) is 0 Å². The Labute approximate surface area is 133 Å². The molecule has 1 saturated heterocycles. The van der Waals surface area contributed by atoms with E-state index < -0.39 is 6.10 Å². The monoisotopic (exact) mass is 308 g/mol. The average molecular weight is 308 g/mol. The zero-order valence-electron chi connectivity index (χ0n) is 13.6. The van der Waals surface area contributed by atoms with Crippen LogP contribution < -0.4 is 15.2 Å². The SMILES string of the molecule is COc1ccc(OC)c(C(O)CCCN2CCC(N)CC2)c1. The number of hydrogen-bond acceptors (Lipinski definition) is 5. The van der Waals surface area contributed by atoms with Gasteiger partial charge in [0.2, 0.25) is 0 Å². The molecule has 22 heavy (non-hydrogen) atoms. The van der Waals surface area contributed by atoms with Crippen molar-refractivity contribution in [3.05, 3.63) is 23.8 Å². The molecule has 2 rings (SSSR count). The van der Waals surface area contributed by atoms with E-state index in [-0.39, 0.29) is 0 Å². The van der Waals surface area contributed by atoms with E-state index in [0.29, 0.717) is 18.2 Å². The largest absolute Gasteiger partial charge is 0.497 e. The van der Waals surface area contributed by atoms with Crippen LogP contribution in [0.3, 0.4) is 0 Å². The van der Waals surface area contributed by atoms with Crippen molar-refractivity contribution in [3.63, 3.8) is 0 Å². The molecule has 0 saturated carbocycles. The van der Waals surface area contributed by atoms with Crippen molar-refractivity contribution in [1.29, 1.82) is 0 Å². The van der Waals surface area contributed by atoms with Gasteiger partial charge in [0.1, 0.15) is 11.5 Å². The highest BCUT2D eigenvalue weighted by molar-refractivity contribution is 5.41. The van der Waals surface area contributed by atoms with Gasteiger partial charge in [0.25, 0.3) is 0 Å². The van der Waals surface area contributed by atoms with Crippen LogP contribution >= 0.6 is 0 Å². The molecule has 1 aliphatic heterocycles. The second-order valence-corrected chi connectivity index (χ2v) is 5.94. The first-order valence-corrected chi connectivity index (χ1v) is 8.02. The molecule has 3 N–H and O–H groups in total. The number of hydrogen-bond donors (Lipinski definition) is 2. The molecule has 0 amide bonds. The van der Waals surface area contributed by atoms with E-state index in [1.807, 2.05) is 18.2 Å². The van der Waals surface area contributed by atoms with Crippen LogP contribution in [0.1, 0.15) is 37.4 Å². The average Bonchev–Trinajstić information content (AvgIpc) is 2.56. The van der Waals surface area contributed by atoms with Crippen LogP contribution in [0, 0.1) is 0 Å². The first-order valence-electron chi connectivity index (χ1n) is 8.02. The lowest BCUT2D eigenvalue weighted by molar-refractivity contribution is 0.145. The molecule has 0 aromatic heterocycles. The smallest absolute Gasteiger partial charge is 0.124 e. The van der Waals surface area contributed by atoms with Gasteiger partial charge in [-0.3, -0.25) is 0 Å². The van der Waals surface area contributed by atoms with Crippen molar-refractivity contribution < 1.29 is 14.6 Å². The van der Waals surface area contributed by atoms with Crippen LogP contribution in [-0.4, -0.2) is 49.9 Å². The third-order valence-corrected chi connectivity index (χ3v) is 4.38. The molecule has 1 aromatic rings. The lowest BCUT2D eigenvalue weighted by Gasteiger charge is -2.30. The predicted molar refractivity (Wildman–Crippen MR) is 87.4 cm³/mol. The van der Waals surface area contributed by atoms with Crippen LogP contribution in [0.4, 0.5) is 0 Å². The summed E-state index contributed by atoms with van der Waals surface area (Å²) in [5, 5.41) is 10.4. The highest BCUT2D eigenvalue weighted by Crippen LogP contribution is 2.31. The molecular weight excluding hydrogens is 280 g/mol. The van der Waals surface area contributed by atoms with Gasteiger partial charge in [-0.2, -0.15) is 0 Å². The molecule has 1 aliphatic rings. The molecule has 1 fully saturated rings. The third kappa shape index (κ3) is 4.60. The summed E-state index contributed by atoms with van der Waals surface area (Å²) < 4.78 is 10.6. The van der Waals surface area contributed by atoms with E-state index >= 15 is 0 Å². The lowest BCUT2D eigenvalue weighted by Crippen LogP contribution is -2.40. The van der Waals surface area contributed by atoms with Gasteiger partial charge in [-0.05, 0) is 63.5 Å². The minimum Gasteiger partial charge on any atom is -0.497 e. The van der Waals surface area contributed by atoms with E-state index in [1.54, 1.807) is 14.2 Å². The summed E-state index contributed by atoms with van der Waals surface area (Å²) in [6.45, 7) is 3.15.